The second kappa shape index (κ2) is 4.02. The molecule has 2 heterocycles. The molecule has 0 atom stereocenters. The lowest BCUT2D eigenvalue weighted by atomic mass is 10.1. The maximum absolute atomic E-state index is 5.52. The molecule has 18 heavy (non-hydrogen) atoms. The SMILES string of the molecule is Nc1nc(N)nc(Cc2ccc3c(c2)OCO3)n1. The van der Waals surface area contributed by atoms with Gasteiger partial charge < -0.3 is 20.9 Å². The second-order valence-electron chi connectivity index (χ2n) is 3.83. The van der Waals surface area contributed by atoms with Crippen molar-refractivity contribution in [3.8, 4) is 11.5 Å². The van der Waals surface area contributed by atoms with E-state index >= 15 is 0 Å². The molecule has 0 spiro atoms. The van der Waals surface area contributed by atoms with Crippen LogP contribution >= 0.6 is 0 Å². The standard InChI is InChI=1S/C11H11N5O2/c12-10-14-9(15-11(13)16-10)4-6-1-2-7-8(3-6)18-5-17-7/h1-3H,4-5H2,(H4,12,13,14,15,16). The van der Waals surface area contributed by atoms with Gasteiger partial charge in [0.25, 0.3) is 0 Å². The van der Waals surface area contributed by atoms with Crippen LogP contribution in [0.4, 0.5) is 11.9 Å². The Kier molecular flexibility index (Phi) is 2.36. The highest BCUT2D eigenvalue weighted by atomic mass is 16.7. The minimum atomic E-state index is 0.123. The summed E-state index contributed by atoms with van der Waals surface area (Å²) < 4.78 is 10.5. The zero-order chi connectivity index (χ0) is 12.5. The first kappa shape index (κ1) is 10.6. The first-order chi connectivity index (χ1) is 8.70. The number of hydrogen-bond acceptors (Lipinski definition) is 7. The quantitative estimate of drug-likeness (QED) is 0.785. The minimum absolute atomic E-state index is 0.123. The third-order valence-corrected chi connectivity index (χ3v) is 2.52. The molecule has 4 N–H and O–H groups in total. The molecule has 2 aromatic rings. The Labute approximate surface area is 103 Å². The van der Waals surface area contributed by atoms with Crippen molar-refractivity contribution in [3.63, 3.8) is 0 Å². The van der Waals surface area contributed by atoms with Crippen LogP contribution in [0.3, 0.4) is 0 Å². The average Bonchev–Trinajstić information content (AvgIpc) is 2.74. The summed E-state index contributed by atoms with van der Waals surface area (Å²) in [5, 5.41) is 0. The van der Waals surface area contributed by atoms with Crippen LogP contribution in [0.1, 0.15) is 11.4 Å². The molecule has 0 aliphatic carbocycles. The molecule has 0 saturated heterocycles. The van der Waals surface area contributed by atoms with E-state index in [0.29, 0.717) is 12.2 Å². The smallest absolute Gasteiger partial charge is 0.231 e. The van der Waals surface area contributed by atoms with E-state index in [1.54, 1.807) is 0 Å². The Morgan fingerprint density at radius 3 is 2.50 bits per heavy atom. The van der Waals surface area contributed by atoms with E-state index < -0.39 is 0 Å². The monoisotopic (exact) mass is 245 g/mol. The molecule has 0 saturated carbocycles. The molecule has 1 aliphatic heterocycles. The fraction of sp³-hybridized carbons (Fsp3) is 0.182. The van der Waals surface area contributed by atoms with Crippen molar-refractivity contribution in [2.45, 2.75) is 6.42 Å². The lowest BCUT2D eigenvalue weighted by Gasteiger charge is -2.03. The highest BCUT2D eigenvalue weighted by molar-refractivity contribution is 5.45. The van der Waals surface area contributed by atoms with Crippen LogP contribution in [0.2, 0.25) is 0 Å². The van der Waals surface area contributed by atoms with Crippen LogP contribution in [0.15, 0.2) is 18.2 Å². The maximum atomic E-state index is 5.52. The Morgan fingerprint density at radius 2 is 1.72 bits per heavy atom. The molecule has 1 aliphatic rings. The van der Waals surface area contributed by atoms with Crippen LogP contribution in [-0.2, 0) is 6.42 Å². The van der Waals surface area contributed by atoms with Crippen LogP contribution in [0.25, 0.3) is 0 Å². The number of nitrogens with zero attached hydrogens (tertiary/aromatic N) is 3. The molecule has 7 heteroatoms. The molecule has 7 nitrogen and oxygen atoms in total. The zero-order valence-electron chi connectivity index (χ0n) is 9.46. The molecular formula is C11H11N5O2. The van der Waals surface area contributed by atoms with Gasteiger partial charge >= 0.3 is 0 Å². The summed E-state index contributed by atoms with van der Waals surface area (Å²) in [4.78, 5) is 11.8. The van der Waals surface area contributed by atoms with Gasteiger partial charge in [-0.05, 0) is 17.7 Å². The second-order valence-corrected chi connectivity index (χ2v) is 3.83. The summed E-state index contributed by atoms with van der Waals surface area (Å²) in [5.41, 5.74) is 12.0. The normalized spacial score (nSPS) is 12.7. The molecule has 3 rings (SSSR count). The molecule has 0 unspecified atom stereocenters. The Bertz CT molecular complexity index is 582. The molecule has 0 amide bonds. The summed E-state index contributed by atoms with van der Waals surface area (Å²) in [5.74, 6) is 2.24. The van der Waals surface area contributed by atoms with Gasteiger partial charge in [0.15, 0.2) is 11.5 Å². The fourth-order valence-corrected chi connectivity index (χ4v) is 1.77. The van der Waals surface area contributed by atoms with Gasteiger partial charge in [-0.3, -0.25) is 0 Å². The average molecular weight is 245 g/mol. The molecule has 1 aromatic heterocycles. The number of hydrogen-bond donors (Lipinski definition) is 2. The predicted molar refractivity (Wildman–Crippen MR) is 64.0 cm³/mol. The van der Waals surface area contributed by atoms with E-state index in [-0.39, 0.29) is 18.7 Å². The first-order valence-corrected chi connectivity index (χ1v) is 5.35. The Balaban J connectivity index is 1.88. The lowest BCUT2D eigenvalue weighted by molar-refractivity contribution is 0.174. The van der Waals surface area contributed by atoms with Gasteiger partial charge in [-0.1, -0.05) is 6.07 Å². The van der Waals surface area contributed by atoms with E-state index in [0.717, 1.165) is 17.1 Å². The zero-order valence-corrected chi connectivity index (χ0v) is 9.46. The van der Waals surface area contributed by atoms with E-state index in [4.69, 9.17) is 20.9 Å². The number of ether oxygens (including phenoxy) is 2. The van der Waals surface area contributed by atoms with Crippen molar-refractivity contribution < 1.29 is 9.47 Å². The van der Waals surface area contributed by atoms with Crippen molar-refractivity contribution >= 4 is 11.9 Å². The molecule has 92 valence electrons. The third kappa shape index (κ3) is 1.97. The number of nitrogen functional groups attached to an aromatic ring is 2. The summed E-state index contributed by atoms with van der Waals surface area (Å²) in [6, 6.07) is 5.66. The largest absolute Gasteiger partial charge is 0.454 e. The number of anilines is 2. The maximum Gasteiger partial charge on any atom is 0.231 e. The van der Waals surface area contributed by atoms with Gasteiger partial charge in [0, 0.05) is 6.42 Å². The van der Waals surface area contributed by atoms with Gasteiger partial charge in [0.2, 0.25) is 18.7 Å². The highest BCUT2D eigenvalue weighted by Gasteiger charge is 2.14. The molecular weight excluding hydrogens is 234 g/mol. The summed E-state index contributed by atoms with van der Waals surface area (Å²) in [6.07, 6.45) is 0.507. The number of fused-ring (bicyclic) bond motifs is 1. The van der Waals surface area contributed by atoms with E-state index in [1.165, 1.54) is 0 Å². The predicted octanol–water partition coefficient (Wildman–Crippen LogP) is 0.355. The Morgan fingerprint density at radius 1 is 1.00 bits per heavy atom. The number of aromatic nitrogens is 3. The van der Waals surface area contributed by atoms with E-state index in [2.05, 4.69) is 15.0 Å². The summed E-state index contributed by atoms with van der Waals surface area (Å²) in [6.45, 7) is 0.254. The van der Waals surface area contributed by atoms with Crippen LogP contribution in [0, 0.1) is 0 Å². The van der Waals surface area contributed by atoms with Crippen molar-refractivity contribution in [1.82, 2.24) is 15.0 Å². The van der Waals surface area contributed by atoms with Gasteiger partial charge in [-0.15, -0.1) is 0 Å². The molecule has 0 radical (unpaired) electrons. The summed E-state index contributed by atoms with van der Waals surface area (Å²) in [7, 11) is 0. The number of nitrogens with two attached hydrogens (primary N) is 2. The van der Waals surface area contributed by atoms with Crippen molar-refractivity contribution in [2.24, 2.45) is 0 Å². The van der Waals surface area contributed by atoms with Crippen LogP contribution < -0.4 is 20.9 Å². The molecule has 1 aromatic carbocycles. The minimum Gasteiger partial charge on any atom is -0.454 e. The molecule has 0 bridgehead atoms. The van der Waals surface area contributed by atoms with Gasteiger partial charge in [-0.2, -0.15) is 15.0 Å². The fourth-order valence-electron chi connectivity index (χ4n) is 1.77. The van der Waals surface area contributed by atoms with Gasteiger partial charge in [0.05, 0.1) is 0 Å². The third-order valence-electron chi connectivity index (χ3n) is 2.52. The molecule has 0 fully saturated rings. The van der Waals surface area contributed by atoms with E-state index in [1.807, 2.05) is 18.2 Å². The van der Waals surface area contributed by atoms with Crippen LogP contribution in [0.5, 0.6) is 11.5 Å². The lowest BCUT2D eigenvalue weighted by Crippen LogP contribution is -2.07. The summed E-state index contributed by atoms with van der Waals surface area (Å²) >= 11 is 0. The van der Waals surface area contributed by atoms with Crippen molar-refractivity contribution in [1.29, 1.82) is 0 Å². The number of rotatable bonds is 2. The highest BCUT2D eigenvalue weighted by Crippen LogP contribution is 2.32. The van der Waals surface area contributed by atoms with Gasteiger partial charge in [-0.25, -0.2) is 0 Å². The van der Waals surface area contributed by atoms with Crippen molar-refractivity contribution in [2.75, 3.05) is 18.3 Å². The Hall–Kier alpha value is -2.57. The first-order valence-electron chi connectivity index (χ1n) is 5.35. The topological polar surface area (TPSA) is 109 Å². The van der Waals surface area contributed by atoms with E-state index in [9.17, 15) is 0 Å². The number of benzene rings is 1. The van der Waals surface area contributed by atoms with Gasteiger partial charge in [0.1, 0.15) is 5.82 Å². The van der Waals surface area contributed by atoms with Crippen LogP contribution in [-0.4, -0.2) is 21.7 Å². The van der Waals surface area contributed by atoms with Crippen molar-refractivity contribution in [3.05, 3.63) is 29.6 Å².